The normalized spacial score (nSPS) is 14.5. The lowest BCUT2D eigenvalue weighted by atomic mass is 9.98. The highest BCUT2D eigenvalue weighted by molar-refractivity contribution is 5.85. The summed E-state index contributed by atoms with van der Waals surface area (Å²) in [5.74, 6) is -0.537. The highest BCUT2D eigenvalue weighted by atomic mass is 16.5. The van der Waals surface area contributed by atoms with E-state index in [0.717, 1.165) is 6.42 Å². The summed E-state index contributed by atoms with van der Waals surface area (Å²) in [6, 6.07) is -0.533. The lowest BCUT2D eigenvalue weighted by Gasteiger charge is -2.22. The number of rotatable bonds is 5. The Morgan fingerprint density at radius 2 is 1.80 bits per heavy atom. The molecule has 0 saturated carbocycles. The fourth-order valence-corrected chi connectivity index (χ4v) is 1.12. The van der Waals surface area contributed by atoms with Gasteiger partial charge in [-0.3, -0.25) is 4.79 Å². The Labute approximate surface area is 91.4 Å². The number of ether oxygens (including phenoxy) is 1. The molecular formula is C11H21NO3. The van der Waals surface area contributed by atoms with Crippen LogP contribution >= 0.6 is 0 Å². The summed E-state index contributed by atoms with van der Waals surface area (Å²) in [7, 11) is 1.33. The van der Waals surface area contributed by atoms with Crippen LogP contribution in [0.5, 0.6) is 0 Å². The largest absolute Gasteiger partial charge is 0.467 e. The number of carbonyl (C=O) groups is 2. The van der Waals surface area contributed by atoms with Crippen LogP contribution in [0.1, 0.15) is 34.1 Å². The number of carbonyl (C=O) groups excluding carboxylic acids is 2. The van der Waals surface area contributed by atoms with E-state index in [1.165, 1.54) is 7.11 Å². The Hall–Kier alpha value is -1.06. The first kappa shape index (κ1) is 13.9. The molecule has 2 atom stereocenters. The van der Waals surface area contributed by atoms with Crippen molar-refractivity contribution in [2.75, 3.05) is 7.11 Å². The van der Waals surface area contributed by atoms with Gasteiger partial charge in [0.1, 0.15) is 6.04 Å². The molecule has 0 heterocycles. The van der Waals surface area contributed by atoms with Crippen molar-refractivity contribution in [2.24, 2.45) is 11.8 Å². The third-order valence-electron chi connectivity index (χ3n) is 2.49. The number of hydrogen-bond acceptors (Lipinski definition) is 3. The number of amides is 1. The van der Waals surface area contributed by atoms with Crippen molar-refractivity contribution in [1.82, 2.24) is 5.32 Å². The lowest BCUT2D eigenvalue weighted by Crippen LogP contribution is -2.47. The minimum absolute atomic E-state index is 0.0835. The molecule has 4 heteroatoms. The van der Waals surface area contributed by atoms with Crippen molar-refractivity contribution in [3.8, 4) is 0 Å². The van der Waals surface area contributed by atoms with Gasteiger partial charge < -0.3 is 10.1 Å². The van der Waals surface area contributed by atoms with E-state index in [-0.39, 0.29) is 23.7 Å². The first-order chi connectivity index (χ1) is 6.93. The fourth-order valence-electron chi connectivity index (χ4n) is 1.12. The number of hydrogen-bond donors (Lipinski definition) is 1. The number of methoxy groups -OCH3 is 1. The molecule has 1 amide bonds. The topological polar surface area (TPSA) is 55.4 Å². The highest BCUT2D eigenvalue weighted by Crippen LogP contribution is 2.10. The molecule has 0 aromatic rings. The summed E-state index contributed by atoms with van der Waals surface area (Å²) in [5, 5.41) is 2.70. The molecule has 0 saturated heterocycles. The molecule has 88 valence electrons. The van der Waals surface area contributed by atoms with E-state index in [1.54, 1.807) is 13.8 Å². The molecule has 0 radical (unpaired) electrons. The van der Waals surface area contributed by atoms with Gasteiger partial charge in [-0.25, -0.2) is 4.79 Å². The zero-order chi connectivity index (χ0) is 12.0. The zero-order valence-electron chi connectivity index (χ0n) is 10.2. The van der Waals surface area contributed by atoms with E-state index in [4.69, 9.17) is 0 Å². The third-order valence-corrected chi connectivity index (χ3v) is 2.49. The summed E-state index contributed by atoms with van der Waals surface area (Å²) >= 11 is 0. The molecular weight excluding hydrogens is 194 g/mol. The Kier molecular flexibility index (Phi) is 5.97. The van der Waals surface area contributed by atoms with E-state index in [1.807, 2.05) is 13.8 Å². The first-order valence-corrected chi connectivity index (χ1v) is 5.32. The van der Waals surface area contributed by atoms with E-state index in [9.17, 15) is 9.59 Å². The monoisotopic (exact) mass is 215 g/mol. The molecule has 0 rings (SSSR count). The molecule has 0 spiro atoms. The fraction of sp³-hybridized carbons (Fsp3) is 0.818. The Bertz CT molecular complexity index is 226. The van der Waals surface area contributed by atoms with Crippen molar-refractivity contribution < 1.29 is 14.3 Å². The molecule has 0 unspecified atom stereocenters. The second-order valence-electron chi connectivity index (χ2n) is 4.05. The Balaban J connectivity index is 4.51. The maximum Gasteiger partial charge on any atom is 0.328 e. The van der Waals surface area contributed by atoms with Gasteiger partial charge >= 0.3 is 5.97 Å². The molecule has 15 heavy (non-hydrogen) atoms. The van der Waals surface area contributed by atoms with Gasteiger partial charge in [0, 0.05) is 5.92 Å². The Morgan fingerprint density at radius 1 is 1.27 bits per heavy atom. The minimum atomic E-state index is -0.533. The maximum atomic E-state index is 11.5. The predicted octanol–water partition coefficient (Wildman–Crippen LogP) is 1.35. The van der Waals surface area contributed by atoms with E-state index in [0.29, 0.717) is 0 Å². The molecule has 0 aromatic carbocycles. The summed E-state index contributed by atoms with van der Waals surface area (Å²) in [4.78, 5) is 22.9. The second-order valence-corrected chi connectivity index (χ2v) is 4.05. The average Bonchev–Trinajstić information content (AvgIpc) is 2.23. The average molecular weight is 215 g/mol. The lowest BCUT2D eigenvalue weighted by molar-refractivity contribution is -0.147. The van der Waals surface area contributed by atoms with Crippen LogP contribution in [0.3, 0.4) is 0 Å². The molecule has 0 aliphatic rings. The van der Waals surface area contributed by atoms with Crippen LogP contribution < -0.4 is 5.32 Å². The van der Waals surface area contributed by atoms with Gasteiger partial charge in [-0.1, -0.05) is 34.1 Å². The van der Waals surface area contributed by atoms with Crippen LogP contribution in [0.2, 0.25) is 0 Å². The number of nitrogens with one attached hydrogen (secondary N) is 1. The second kappa shape index (κ2) is 6.43. The van der Waals surface area contributed by atoms with Gasteiger partial charge in [0.05, 0.1) is 7.11 Å². The van der Waals surface area contributed by atoms with Gasteiger partial charge in [0.25, 0.3) is 0 Å². The van der Waals surface area contributed by atoms with Crippen LogP contribution in [0.25, 0.3) is 0 Å². The quantitative estimate of drug-likeness (QED) is 0.704. The van der Waals surface area contributed by atoms with Gasteiger partial charge in [-0.15, -0.1) is 0 Å². The van der Waals surface area contributed by atoms with Gasteiger partial charge in [0.15, 0.2) is 0 Å². The molecule has 1 N–H and O–H groups in total. The zero-order valence-corrected chi connectivity index (χ0v) is 10.2. The van der Waals surface area contributed by atoms with Crippen LogP contribution in [-0.2, 0) is 14.3 Å². The van der Waals surface area contributed by atoms with Crippen molar-refractivity contribution >= 4 is 11.9 Å². The summed E-state index contributed by atoms with van der Waals surface area (Å²) < 4.78 is 4.66. The molecule has 0 aromatic heterocycles. The number of esters is 1. The third kappa shape index (κ3) is 4.32. The van der Waals surface area contributed by atoms with Gasteiger partial charge in [0.2, 0.25) is 5.91 Å². The molecule has 0 fully saturated rings. The van der Waals surface area contributed by atoms with Crippen LogP contribution in [0, 0.1) is 11.8 Å². The van der Waals surface area contributed by atoms with Crippen LogP contribution in [0.4, 0.5) is 0 Å². The van der Waals surface area contributed by atoms with Crippen LogP contribution in [0.15, 0.2) is 0 Å². The predicted molar refractivity (Wildman–Crippen MR) is 58.2 cm³/mol. The smallest absolute Gasteiger partial charge is 0.328 e. The summed E-state index contributed by atoms with van der Waals surface area (Å²) in [6.07, 6.45) is 0.818. The van der Waals surface area contributed by atoms with Crippen molar-refractivity contribution in [2.45, 2.75) is 40.2 Å². The van der Waals surface area contributed by atoms with Crippen molar-refractivity contribution in [3.05, 3.63) is 0 Å². The summed E-state index contributed by atoms with van der Waals surface area (Å²) in [5.41, 5.74) is 0. The minimum Gasteiger partial charge on any atom is -0.467 e. The molecule has 0 aliphatic carbocycles. The SMILES string of the molecule is CC[C@@H](C)[C@@H](NC(=O)C(C)C)C(=O)OC. The van der Waals surface area contributed by atoms with Gasteiger partial charge in [-0.05, 0) is 5.92 Å². The first-order valence-electron chi connectivity index (χ1n) is 5.32. The Morgan fingerprint density at radius 3 is 2.13 bits per heavy atom. The molecule has 0 bridgehead atoms. The highest BCUT2D eigenvalue weighted by Gasteiger charge is 2.27. The van der Waals surface area contributed by atoms with E-state index >= 15 is 0 Å². The van der Waals surface area contributed by atoms with E-state index < -0.39 is 6.04 Å². The molecule has 0 aliphatic heterocycles. The van der Waals surface area contributed by atoms with Crippen molar-refractivity contribution in [1.29, 1.82) is 0 Å². The standard InChI is InChI=1S/C11H21NO3/c1-6-8(4)9(11(14)15-5)12-10(13)7(2)3/h7-9H,6H2,1-5H3,(H,12,13)/t8-,9-/m1/s1. The summed E-state index contributed by atoms with van der Waals surface area (Å²) in [6.45, 7) is 7.48. The van der Waals surface area contributed by atoms with Crippen molar-refractivity contribution in [3.63, 3.8) is 0 Å². The molecule has 4 nitrogen and oxygen atoms in total. The van der Waals surface area contributed by atoms with Gasteiger partial charge in [-0.2, -0.15) is 0 Å². The van der Waals surface area contributed by atoms with E-state index in [2.05, 4.69) is 10.1 Å². The maximum absolute atomic E-state index is 11.5. The van der Waals surface area contributed by atoms with Crippen LogP contribution in [-0.4, -0.2) is 25.0 Å².